The Balaban J connectivity index is 3.42. The van der Waals surface area contributed by atoms with Gasteiger partial charge < -0.3 is 15.8 Å². The zero-order chi connectivity index (χ0) is 11.5. The molecule has 1 atom stereocenters. The zero-order valence-corrected chi connectivity index (χ0v) is 9.50. The standard InChI is InChI=1S/C11H22N2O2/c1-3-15-9-5-8-13-11(14)10(2)6-4-7-12/h3,10H,1,4-9,12H2,2H3,(H,13,14). The molecule has 0 aromatic carbocycles. The Hall–Kier alpha value is -1.03. The summed E-state index contributed by atoms with van der Waals surface area (Å²) in [7, 11) is 0. The lowest BCUT2D eigenvalue weighted by molar-refractivity contribution is -0.124. The molecule has 0 aliphatic rings. The highest BCUT2D eigenvalue weighted by Gasteiger charge is 2.10. The Morgan fingerprint density at radius 1 is 1.60 bits per heavy atom. The monoisotopic (exact) mass is 214 g/mol. The molecule has 0 saturated carbocycles. The zero-order valence-electron chi connectivity index (χ0n) is 9.50. The van der Waals surface area contributed by atoms with E-state index in [1.807, 2.05) is 6.92 Å². The number of nitrogens with one attached hydrogen (secondary N) is 1. The predicted molar refractivity (Wildman–Crippen MR) is 61.2 cm³/mol. The van der Waals surface area contributed by atoms with E-state index in [1.165, 1.54) is 6.26 Å². The normalized spacial score (nSPS) is 11.9. The molecule has 0 rings (SSSR count). The second kappa shape index (κ2) is 9.52. The van der Waals surface area contributed by atoms with Crippen LogP contribution in [0, 0.1) is 5.92 Å². The third-order valence-corrected chi connectivity index (χ3v) is 2.14. The number of carbonyl (C=O) groups is 1. The maximum absolute atomic E-state index is 11.5. The molecule has 0 aliphatic carbocycles. The summed E-state index contributed by atoms with van der Waals surface area (Å²) in [5.74, 6) is 0.149. The van der Waals surface area contributed by atoms with Gasteiger partial charge in [-0.25, -0.2) is 0 Å². The van der Waals surface area contributed by atoms with Crippen LogP contribution < -0.4 is 11.1 Å². The van der Waals surface area contributed by atoms with E-state index in [2.05, 4.69) is 11.9 Å². The summed E-state index contributed by atoms with van der Waals surface area (Å²) in [6.45, 7) is 7.25. The molecule has 0 fully saturated rings. The molecule has 0 spiro atoms. The van der Waals surface area contributed by atoms with Gasteiger partial charge in [-0.15, -0.1) is 0 Å². The number of rotatable bonds is 9. The summed E-state index contributed by atoms with van der Waals surface area (Å²) < 4.78 is 4.94. The van der Waals surface area contributed by atoms with Crippen molar-refractivity contribution in [3.63, 3.8) is 0 Å². The van der Waals surface area contributed by atoms with Crippen molar-refractivity contribution < 1.29 is 9.53 Å². The fourth-order valence-corrected chi connectivity index (χ4v) is 1.18. The number of nitrogens with two attached hydrogens (primary N) is 1. The Labute approximate surface area is 91.9 Å². The van der Waals surface area contributed by atoms with Gasteiger partial charge in [-0.3, -0.25) is 4.79 Å². The number of ether oxygens (including phenoxy) is 1. The number of amides is 1. The van der Waals surface area contributed by atoms with E-state index >= 15 is 0 Å². The van der Waals surface area contributed by atoms with Gasteiger partial charge in [-0.1, -0.05) is 13.5 Å². The highest BCUT2D eigenvalue weighted by Crippen LogP contribution is 2.04. The van der Waals surface area contributed by atoms with Crippen molar-refractivity contribution in [3.05, 3.63) is 12.8 Å². The maximum atomic E-state index is 11.5. The fraction of sp³-hybridized carbons (Fsp3) is 0.727. The minimum atomic E-state index is 0.0499. The number of hydrogen-bond donors (Lipinski definition) is 2. The summed E-state index contributed by atoms with van der Waals surface area (Å²) in [6.07, 6.45) is 3.96. The minimum Gasteiger partial charge on any atom is -0.502 e. The van der Waals surface area contributed by atoms with Crippen LogP contribution in [0.5, 0.6) is 0 Å². The van der Waals surface area contributed by atoms with Crippen molar-refractivity contribution in [1.82, 2.24) is 5.32 Å². The van der Waals surface area contributed by atoms with Gasteiger partial charge in [-0.05, 0) is 25.8 Å². The Kier molecular flexibility index (Phi) is 8.87. The van der Waals surface area contributed by atoms with E-state index in [0.717, 1.165) is 19.3 Å². The van der Waals surface area contributed by atoms with E-state index in [9.17, 15) is 4.79 Å². The second-order valence-electron chi connectivity index (χ2n) is 3.51. The molecule has 3 N–H and O–H groups in total. The second-order valence-corrected chi connectivity index (χ2v) is 3.51. The third kappa shape index (κ3) is 8.00. The molecular weight excluding hydrogens is 192 g/mol. The first kappa shape index (κ1) is 14.0. The third-order valence-electron chi connectivity index (χ3n) is 2.14. The molecule has 15 heavy (non-hydrogen) atoms. The van der Waals surface area contributed by atoms with E-state index in [0.29, 0.717) is 19.7 Å². The average molecular weight is 214 g/mol. The molecule has 0 saturated heterocycles. The number of carbonyl (C=O) groups excluding carboxylic acids is 1. The van der Waals surface area contributed by atoms with Crippen LogP contribution in [0.1, 0.15) is 26.2 Å². The average Bonchev–Trinajstić information content (AvgIpc) is 2.25. The van der Waals surface area contributed by atoms with Crippen molar-refractivity contribution in [3.8, 4) is 0 Å². The van der Waals surface area contributed by atoms with Crippen molar-refractivity contribution in [1.29, 1.82) is 0 Å². The molecule has 0 bridgehead atoms. The molecule has 88 valence electrons. The smallest absolute Gasteiger partial charge is 0.222 e. The highest BCUT2D eigenvalue weighted by atomic mass is 16.5. The van der Waals surface area contributed by atoms with E-state index in [1.54, 1.807) is 0 Å². The van der Waals surface area contributed by atoms with Gasteiger partial charge in [0, 0.05) is 12.5 Å². The van der Waals surface area contributed by atoms with Crippen LogP contribution in [0.2, 0.25) is 0 Å². The molecule has 0 radical (unpaired) electrons. The van der Waals surface area contributed by atoms with Crippen LogP contribution in [0.25, 0.3) is 0 Å². The molecule has 0 heterocycles. The van der Waals surface area contributed by atoms with Gasteiger partial charge >= 0.3 is 0 Å². The molecule has 0 aromatic rings. The summed E-state index contributed by atoms with van der Waals surface area (Å²) in [5.41, 5.74) is 5.37. The minimum absolute atomic E-state index is 0.0499. The van der Waals surface area contributed by atoms with Crippen LogP contribution in [0.3, 0.4) is 0 Å². The van der Waals surface area contributed by atoms with Crippen LogP contribution in [0.4, 0.5) is 0 Å². The van der Waals surface area contributed by atoms with Crippen LogP contribution in [-0.2, 0) is 9.53 Å². The molecule has 0 aliphatic heterocycles. The topological polar surface area (TPSA) is 64.3 Å². The Morgan fingerprint density at radius 2 is 2.33 bits per heavy atom. The molecule has 1 amide bonds. The number of hydrogen-bond acceptors (Lipinski definition) is 3. The maximum Gasteiger partial charge on any atom is 0.222 e. The predicted octanol–water partition coefficient (Wildman–Crippen LogP) is 1.03. The van der Waals surface area contributed by atoms with Gasteiger partial charge in [0.2, 0.25) is 5.91 Å². The van der Waals surface area contributed by atoms with Gasteiger partial charge in [-0.2, -0.15) is 0 Å². The first-order chi connectivity index (χ1) is 7.22. The lowest BCUT2D eigenvalue weighted by Crippen LogP contribution is -2.30. The summed E-state index contributed by atoms with van der Waals surface area (Å²) in [4.78, 5) is 11.5. The largest absolute Gasteiger partial charge is 0.502 e. The first-order valence-electron chi connectivity index (χ1n) is 5.42. The van der Waals surface area contributed by atoms with E-state index in [-0.39, 0.29) is 11.8 Å². The van der Waals surface area contributed by atoms with Crippen molar-refractivity contribution in [2.75, 3.05) is 19.7 Å². The Morgan fingerprint density at radius 3 is 2.93 bits per heavy atom. The summed E-state index contributed by atoms with van der Waals surface area (Å²) in [5, 5.41) is 2.86. The fourth-order valence-electron chi connectivity index (χ4n) is 1.18. The van der Waals surface area contributed by atoms with Gasteiger partial charge in [0.1, 0.15) is 0 Å². The van der Waals surface area contributed by atoms with Crippen molar-refractivity contribution in [2.45, 2.75) is 26.2 Å². The van der Waals surface area contributed by atoms with Gasteiger partial charge in [0.25, 0.3) is 0 Å². The molecule has 4 nitrogen and oxygen atoms in total. The van der Waals surface area contributed by atoms with Crippen LogP contribution >= 0.6 is 0 Å². The van der Waals surface area contributed by atoms with Gasteiger partial charge in [0.15, 0.2) is 0 Å². The van der Waals surface area contributed by atoms with E-state index < -0.39 is 0 Å². The van der Waals surface area contributed by atoms with Crippen molar-refractivity contribution >= 4 is 5.91 Å². The van der Waals surface area contributed by atoms with Crippen molar-refractivity contribution in [2.24, 2.45) is 11.7 Å². The molecular formula is C11H22N2O2. The summed E-state index contributed by atoms with van der Waals surface area (Å²) in [6, 6.07) is 0. The highest BCUT2D eigenvalue weighted by molar-refractivity contribution is 5.78. The van der Waals surface area contributed by atoms with Crippen LogP contribution in [-0.4, -0.2) is 25.6 Å². The van der Waals surface area contributed by atoms with Crippen LogP contribution in [0.15, 0.2) is 12.8 Å². The SMILES string of the molecule is C=COCCCNC(=O)C(C)CCCN. The van der Waals surface area contributed by atoms with E-state index in [4.69, 9.17) is 10.5 Å². The quantitative estimate of drug-likeness (QED) is 0.445. The Bertz CT molecular complexity index is 183. The molecule has 4 heteroatoms. The lowest BCUT2D eigenvalue weighted by Gasteiger charge is -2.11. The molecule has 0 aromatic heterocycles. The summed E-state index contributed by atoms with van der Waals surface area (Å²) >= 11 is 0. The molecule has 1 unspecified atom stereocenters. The first-order valence-corrected chi connectivity index (χ1v) is 5.42. The lowest BCUT2D eigenvalue weighted by atomic mass is 10.1. The van der Waals surface area contributed by atoms with Gasteiger partial charge in [0.05, 0.1) is 12.9 Å².